The molecule has 0 unspecified atom stereocenters. The zero-order chi connectivity index (χ0) is 31.8. The molecule has 0 N–H and O–H groups in total. The van der Waals surface area contributed by atoms with E-state index in [4.69, 9.17) is 4.52 Å². The quantitative estimate of drug-likeness (QED) is 0.0929. The molecular weight excluding hydrogens is 610 g/mol. The zero-order valence-electron chi connectivity index (χ0n) is 25.9. The molecule has 0 atom stereocenters. The number of benzene rings is 6. The summed E-state index contributed by atoms with van der Waals surface area (Å²) in [5.41, 5.74) is 0. The van der Waals surface area contributed by atoms with Crippen LogP contribution in [0.25, 0.3) is 0 Å². The van der Waals surface area contributed by atoms with Crippen molar-refractivity contribution in [1.82, 2.24) is 0 Å². The molecule has 6 rings (SSSR count). The Labute approximate surface area is 267 Å². The van der Waals surface area contributed by atoms with Gasteiger partial charge in [-0.05, 0) is 36.4 Å². The second-order valence-corrected chi connectivity index (χ2v) is 23.8. The molecule has 0 saturated heterocycles. The van der Waals surface area contributed by atoms with Crippen LogP contribution in [-0.4, -0.2) is 8.02 Å². The normalized spacial score (nSPS) is 12.6. The van der Waals surface area contributed by atoms with Crippen molar-refractivity contribution in [3.05, 3.63) is 182 Å². The zero-order valence-corrected chi connectivity index (χ0v) is 28.7. The summed E-state index contributed by atoms with van der Waals surface area (Å²) in [6, 6.07) is 65.7. The Morgan fingerprint density at radius 2 is 0.600 bits per heavy atom. The Bertz CT molecular complexity index is 1630. The van der Waals surface area contributed by atoms with Crippen LogP contribution in [0.15, 0.2) is 187 Å². The molecular formula is C39H39F2NP2Si. The maximum Gasteiger partial charge on any atom is 0.228 e. The van der Waals surface area contributed by atoms with Crippen molar-refractivity contribution in [2.45, 2.75) is 19.6 Å². The largest absolute Gasteiger partial charge is 0.228 e. The third kappa shape index (κ3) is 7.83. The minimum atomic E-state index is -4.25. The monoisotopic (exact) mass is 649 g/mol. The van der Waals surface area contributed by atoms with E-state index in [1.165, 1.54) is 31.8 Å². The van der Waals surface area contributed by atoms with Gasteiger partial charge in [-0.3, -0.25) is 0 Å². The molecule has 0 spiro atoms. The molecule has 1 nitrogen and oxygen atoms in total. The maximum absolute atomic E-state index is 11.9. The molecule has 6 heteroatoms. The summed E-state index contributed by atoms with van der Waals surface area (Å²) in [4.78, 5) is 0. The van der Waals surface area contributed by atoms with E-state index in [2.05, 4.69) is 182 Å². The fourth-order valence-corrected chi connectivity index (χ4v) is 14.8. The van der Waals surface area contributed by atoms with Crippen LogP contribution in [0, 0.1) is 0 Å². The molecule has 0 amide bonds. The predicted molar refractivity (Wildman–Crippen MR) is 198 cm³/mol. The molecule has 0 fully saturated rings. The second kappa shape index (κ2) is 13.6. The van der Waals surface area contributed by atoms with Gasteiger partial charge in [-0.25, -0.2) is 0 Å². The van der Waals surface area contributed by atoms with Crippen LogP contribution in [0.5, 0.6) is 0 Å². The van der Waals surface area contributed by atoms with Crippen molar-refractivity contribution in [2.75, 3.05) is 0 Å². The second-order valence-electron chi connectivity index (χ2n) is 12.1. The fourth-order valence-electron chi connectivity index (χ4n) is 5.27. The Morgan fingerprint density at radius 3 is 0.822 bits per heavy atom. The average Bonchev–Trinajstić information content (AvgIpc) is 3.07. The maximum atomic E-state index is 11.9. The van der Waals surface area contributed by atoms with Crippen molar-refractivity contribution in [3.8, 4) is 0 Å². The van der Waals surface area contributed by atoms with E-state index < -0.39 is 22.5 Å². The molecule has 45 heavy (non-hydrogen) atoms. The van der Waals surface area contributed by atoms with Gasteiger partial charge in [0.15, 0.2) is 0 Å². The number of halogens is 2. The Balaban J connectivity index is 0.000000609. The van der Waals surface area contributed by atoms with Crippen LogP contribution in [-0.2, 0) is 0 Å². The van der Waals surface area contributed by atoms with Gasteiger partial charge in [0.1, 0.15) is 23.0 Å². The van der Waals surface area contributed by atoms with Crippen molar-refractivity contribution in [1.29, 1.82) is 0 Å². The van der Waals surface area contributed by atoms with E-state index in [0.717, 1.165) is 19.6 Å². The van der Waals surface area contributed by atoms with E-state index in [1.54, 1.807) is 0 Å². The van der Waals surface area contributed by atoms with E-state index in [-0.39, 0.29) is 0 Å². The van der Waals surface area contributed by atoms with Crippen LogP contribution in [0.1, 0.15) is 0 Å². The molecule has 0 heterocycles. The molecule has 0 aliphatic heterocycles. The van der Waals surface area contributed by atoms with Gasteiger partial charge in [0.2, 0.25) is 7.41 Å². The molecule has 0 radical (unpaired) electrons. The third-order valence-electron chi connectivity index (χ3n) is 7.05. The summed E-state index contributed by atoms with van der Waals surface area (Å²) in [6.07, 6.45) is 0. The first-order chi connectivity index (χ1) is 21.6. The topological polar surface area (TPSA) is 12.4 Å². The molecule has 0 bridgehead atoms. The molecule has 0 aromatic heterocycles. The van der Waals surface area contributed by atoms with Crippen LogP contribution in [0.2, 0.25) is 19.6 Å². The van der Waals surface area contributed by atoms with Crippen molar-refractivity contribution in [3.63, 3.8) is 0 Å². The van der Waals surface area contributed by atoms with E-state index in [9.17, 15) is 8.22 Å². The third-order valence-corrected chi connectivity index (χ3v) is 15.5. The summed E-state index contributed by atoms with van der Waals surface area (Å²) in [7, 11) is -9.24. The van der Waals surface area contributed by atoms with Gasteiger partial charge < -0.3 is 0 Å². The Kier molecular flexibility index (Phi) is 9.80. The van der Waals surface area contributed by atoms with Gasteiger partial charge in [0, 0.05) is 15.9 Å². The van der Waals surface area contributed by atoms with E-state index in [1.807, 2.05) is 0 Å². The minimum Gasteiger partial charge on any atom is -0.121 e. The molecule has 0 aliphatic carbocycles. The van der Waals surface area contributed by atoms with Crippen LogP contribution in [0.3, 0.4) is 0 Å². The van der Waals surface area contributed by atoms with Crippen molar-refractivity contribution < 1.29 is 8.22 Å². The number of hydrogen-bond donors (Lipinski definition) is 0. The smallest absolute Gasteiger partial charge is 0.121 e. The summed E-state index contributed by atoms with van der Waals surface area (Å²) in [5, 5.41) is 7.55. The summed E-state index contributed by atoms with van der Waals surface area (Å²) < 4.78 is 30.1. The molecule has 0 saturated carbocycles. The van der Waals surface area contributed by atoms with E-state index >= 15 is 0 Å². The SMILES string of the molecule is C[Si-](C)(C)(F)F.c1ccc(P(=N[P+](c2ccccc2)(c2ccccc2)c2ccccc2)(c2ccccc2)c2ccccc2)cc1. The summed E-state index contributed by atoms with van der Waals surface area (Å²) >= 11 is 0. The first-order valence-corrected chi connectivity index (χ1v) is 22.3. The standard InChI is InChI=1S/C36H30NP2.C3H9F2Si/c1-7-19-31(20-8-1)38(32-21-9-2-10-22-32,33-23-11-3-12-24-33)37-39(34-25-13-4-14-26-34,35-27-15-5-16-28-35)36-29-17-6-18-30-36;1-6(2,3,4)5/h1-30H;1-3H3/q+1;-1. The van der Waals surface area contributed by atoms with Crippen LogP contribution in [0.4, 0.5) is 8.22 Å². The Morgan fingerprint density at radius 1 is 0.400 bits per heavy atom. The van der Waals surface area contributed by atoms with E-state index in [0.29, 0.717) is 0 Å². The summed E-state index contributed by atoms with van der Waals surface area (Å²) in [5.74, 6) is 0. The van der Waals surface area contributed by atoms with Gasteiger partial charge in [-0.2, -0.15) is 0 Å². The Hall–Kier alpha value is -3.94. The first-order valence-electron chi connectivity index (χ1n) is 15.1. The first kappa shape index (κ1) is 32.5. The number of hydrogen-bond acceptors (Lipinski definition) is 1. The van der Waals surface area contributed by atoms with Crippen LogP contribution < -0.4 is 31.8 Å². The number of nitrogens with zero attached hydrogens (tertiary/aromatic N) is 1. The van der Waals surface area contributed by atoms with Gasteiger partial charge in [-0.1, -0.05) is 146 Å². The summed E-state index contributed by atoms with van der Waals surface area (Å²) in [6.45, 7) is 3.08. The average molecular weight is 650 g/mol. The molecule has 228 valence electrons. The number of rotatable bonds is 7. The molecule has 6 aromatic rings. The molecule has 0 aliphatic rings. The minimum absolute atomic E-state index is 1.03. The fraction of sp³-hybridized carbons (Fsp3) is 0.0769. The van der Waals surface area contributed by atoms with Crippen LogP contribution >= 0.6 is 14.5 Å². The van der Waals surface area contributed by atoms with Crippen molar-refractivity contribution >= 4 is 54.3 Å². The van der Waals surface area contributed by atoms with Gasteiger partial charge >= 0.3 is 35.9 Å². The predicted octanol–water partition coefficient (Wildman–Crippen LogP) is 9.28. The van der Waals surface area contributed by atoms with Crippen molar-refractivity contribution in [2.24, 2.45) is 4.52 Å². The van der Waals surface area contributed by atoms with Gasteiger partial charge in [-0.15, -0.1) is 4.52 Å². The van der Waals surface area contributed by atoms with Gasteiger partial charge in [0.25, 0.3) is 0 Å². The molecule has 6 aromatic carbocycles. The van der Waals surface area contributed by atoms with Gasteiger partial charge in [0.05, 0.1) is 0 Å².